The lowest BCUT2D eigenvalue weighted by Crippen LogP contribution is -2.44. The maximum Gasteiger partial charge on any atom is 0.250 e. The van der Waals surface area contributed by atoms with E-state index in [1.807, 2.05) is 0 Å². The van der Waals surface area contributed by atoms with Crippen molar-refractivity contribution in [3.05, 3.63) is 128 Å². The van der Waals surface area contributed by atoms with Crippen LogP contribution in [0.2, 0.25) is 36.3 Å². The number of benzene rings is 4. The molecule has 72 heavy (non-hydrogen) atoms. The first-order valence-electron chi connectivity index (χ1n) is 27.6. The molecule has 390 valence electrons. The first-order chi connectivity index (χ1) is 33.5. The van der Waals surface area contributed by atoms with Gasteiger partial charge in [0.05, 0.1) is 0 Å². The van der Waals surface area contributed by atoms with E-state index in [9.17, 15) is 9.90 Å². The van der Waals surface area contributed by atoms with E-state index in [1.165, 1.54) is 38.9 Å². The molecular formula is C66H94O4Si2. The van der Waals surface area contributed by atoms with Crippen molar-refractivity contribution in [1.29, 1.82) is 0 Å². The molecule has 1 unspecified atom stereocenters. The molecule has 0 bridgehead atoms. The molecule has 6 rings (SSSR count). The standard InChI is InChI=1S/C33H48O2Si.C33H46O2Si/c2*1-11-32(20-21-32)30(34)19-15-26-14-16-27(22-24(26)4)33(12-2,13-3)28-17-18-29(25(5)23-28)35-36(9,10)31(6,7)8/h14,16-18,22-23,30,34H,11-13,20-21H2,1-10H3;14,16-18,22-23H,11-13,20-21H2,1-10H3. The van der Waals surface area contributed by atoms with Gasteiger partial charge in [-0.2, -0.15) is 0 Å². The fourth-order valence-electron chi connectivity index (χ4n) is 10.1. The van der Waals surface area contributed by atoms with Gasteiger partial charge >= 0.3 is 0 Å². The van der Waals surface area contributed by atoms with Crippen molar-refractivity contribution < 1.29 is 18.8 Å². The van der Waals surface area contributed by atoms with Gasteiger partial charge in [0.25, 0.3) is 0 Å². The van der Waals surface area contributed by atoms with E-state index in [2.05, 4.69) is 233 Å². The Labute approximate surface area is 441 Å². The van der Waals surface area contributed by atoms with Crippen LogP contribution in [0.25, 0.3) is 0 Å². The number of carbonyl (C=O) groups is 1. The summed E-state index contributed by atoms with van der Waals surface area (Å²) in [5, 5.41) is 10.9. The normalized spacial score (nSPS) is 15.7. The predicted octanol–water partition coefficient (Wildman–Crippen LogP) is 17.6. The number of carbonyl (C=O) groups excluding carboxylic acids is 1. The number of aliphatic hydroxyl groups is 1. The van der Waals surface area contributed by atoms with E-state index in [1.54, 1.807) is 0 Å². The molecule has 0 amide bonds. The molecule has 2 fully saturated rings. The summed E-state index contributed by atoms with van der Waals surface area (Å²) in [6, 6.07) is 26.9. The first kappa shape index (κ1) is 58.6. The zero-order chi connectivity index (χ0) is 53.9. The molecule has 2 aliphatic rings. The molecule has 1 N–H and O–H groups in total. The first-order valence-corrected chi connectivity index (χ1v) is 33.4. The summed E-state index contributed by atoms with van der Waals surface area (Å²) in [6.07, 6.45) is 9.58. The largest absolute Gasteiger partial charge is 0.543 e. The highest BCUT2D eigenvalue weighted by molar-refractivity contribution is 6.75. The number of aryl methyl sites for hydroxylation is 4. The molecule has 4 aromatic carbocycles. The number of hydrogen-bond donors (Lipinski definition) is 1. The fourth-order valence-corrected chi connectivity index (χ4v) is 12.2. The Morgan fingerprint density at radius 2 is 0.917 bits per heavy atom. The Balaban J connectivity index is 0.000000267. The van der Waals surface area contributed by atoms with Gasteiger partial charge in [-0.15, -0.1) is 0 Å². The molecule has 0 heterocycles. The Morgan fingerprint density at radius 1 is 0.556 bits per heavy atom. The van der Waals surface area contributed by atoms with Gasteiger partial charge in [0.15, 0.2) is 0 Å². The van der Waals surface area contributed by atoms with Crippen molar-refractivity contribution in [3.63, 3.8) is 0 Å². The summed E-state index contributed by atoms with van der Waals surface area (Å²) >= 11 is 0. The summed E-state index contributed by atoms with van der Waals surface area (Å²) in [4.78, 5) is 12.6. The van der Waals surface area contributed by atoms with Crippen LogP contribution >= 0.6 is 0 Å². The second-order valence-corrected chi connectivity index (χ2v) is 34.4. The van der Waals surface area contributed by atoms with Crippen LogP contribution in [-0.2, 0) is 15.6 Å². The predicted molar refractivity (Wildman–Crippen MR) is 312 cm³/mol. The van der Waals surface area contributed by atoms with Crippen molar-refractivity contribution in [2.75, 3.05) is 0 Å². The van der Waals surface area contributed by atoms with Crippen molar-refractivity contribution in [2.45, 2.75) is 228 Å². The van der Waals surface area contributed by atoms with Crippen LogP contribution in [0, 0.1) is 62.2 Å². The summed E-state index contributed by atoms with van der Waals surface area (Å²) in [5.41, 5.74) is 11.8. The molecule has 2 saturated carbocycles. The van der Waals surface area contributed by atoms with Gasteiger partial charge in [-0.1, -0.05) is 149 Å². The van der Waals surface area contributed by atoms with Crippen LogP contribution in [0.15, 0.2) is 72.8 Å². The topological polar surface area (TPSA) is 55.8 Å². The summed E-state index contributed by atoms with van der Waals surface area (Å²) < 4.78 is 13.3. The third-order valence-corrected chi connectivity index (χ3v) is 27.3. The van der Waals surface area contributed by atoms with Crippen LogP contribution in [-0.4, -0.2) is 33.6 Å². The van der Waals surface area contributed by atoms with Crippen LogP contribution in [0.3, 0.4) is 0 Å². The summed E-state index contributed by atoms with van der Waals surface area (Å²) in [6.45, 7) is 44.9. The SMILES string of the molecule is CCC(CC)(c1ccc(C#CC(O)C2(CC)CC2)c(C)c1)c1ccc(O[Si](C)(C)C(C)(C)C)c(C)c1.CCC1(C(=O)C#Cc2ccc(C(CC)(CC)c3ccc(O[Si](C)(C)C(C)(C)C)c(C)c3)cc2C)CC1. The minimum absolute atomic E-state index is 0.0404. The molecule has 4 aromatic rings. The molecule has 6 heteroatoms. The molecule has 4 nitrogen and oxygen atoms in total. The molecule has 0 aliphatic heterocycles. The van der Waals surface area contributed by atoms with Crippen molar-refractivity contribution in [3.8, 4) is 35.2 Å². The van der Waals surface area contributed by atoms with Gasteiger partial charge in [0.1, 0.15) is 17.6 Å². The van der Waals surface area contributed by atoms with Crippen molar-refractivity contribution in [1.82, 2.24) is 0 Å². The minimum atomic E-state index is -1.90. The average Bonchev–Trinajstić information content (AvgIpc) is 4.27. The molecule has 0 saturated heterocycles. The Kier molecular flexibility index (Phi) is 18.1. The zero-order valence-electron chi connectivity index (χ0n) is 48.7. The second kappa shape index (κ2) is 22.2. The Morgan fingerprint density at radius 3 is 1.21 bits per heavy atom. The number of aliphatic hydroxyl groups excluding tert-OH is 1. The third kappa shape index (κ3) is 12.3. The molecule has 2 aliphatic carbocycles. The molecule has 0 aromatic heterocycles. The van der Waals surface area contributed by atoms with Crippen LogP contribution in [0.4, 0.5) is 0 Å². The number of hydrogen-bond acceptors (Lipinski definition) is 4. The molecular weight excluding hydrogens is 913 g/mol. The van der Waals surface area contributed by atoms with Gasteiger partial charge in [-0.3, -0.25) is 4.79 Å². The van der Waals surface area contributed by atoms with Crippen LogP contribution in [0.1, 0.15) is 203 Å². The fraction of sp³-hybridized carbons (Fsp3) is 0.561. The number of rotatable bonds is 16. The van der Waals surface area contributed by atoms with Gasteiger partial charge in [-0.25, -0.2) is 0 Å². The van der Waals surface area contributed by atoms with E-state index in [-0.39, 0.29) is 37.5 Å². The summed E-state index contributed by atoms with van der Waals surface area (Å²) in [7, 11) is -3.79. The Hall–Kier alpha value is -4.34. The maximum absolute atomic E-state index is 12.6. The van der Waals surface area contributed by atoms with Gasteiger partial charge in [0.2, 0.25) is 22.4 Å². The second-order valence-electron chi connectivity index (χ2n) is 24.9. The highest BCUT2D eigenvalue weighted by Gasteiger charge is 2.48. The van der Waals surface area contributed by atoms with E-state index in [4.69, 9.17) is 8.85 Å². The highest BCUT2D eigenvalue weighted by atomic mass is 28.4. The molecule has 1 atom stereocenters. The highest BCUT2D eigenvalue weighted by Crippen LogP contribution is 2.52. The third-order valence-electron chi connectivity index (χ3n) is 18.6. The number of Topliss-reactive ketones (excluding diaryl/α,β-unsaturated/α-hetero) is 1. The van der Waals surface area contributed by atoms with Gasteiger partial charge in [-0.05, 0) is 203 Å². The lowest BCUT2D eigenvalue weighted by atomic mass is 9.70. The zero-order valence-corrected chi connectivity index (χ0v) is 50.7. The van der Waals surface area contributed by atoms with Gasteiger partial charge < -0.3 is 14.0 Å². The van der Waals surface area contributed by atoms with Crippen molar-refractivity contribution in [2.24, 2.45) is 10.8 Å². The summed E-state index contributed by atoms with van der Waals surface area (Å²) in [5.74, 6) is 14.7. The average molecular weight is 1010 g/mol. The lowest BCUT2D eigenvalue weighted by molar-refractivity contribution is -0.118. The van der Waals surface area contributed by atoms with Crippen molar-refractivity contribution >= 4 is 22.4 Å². The van der Waals surface area contributed by atoms with Gasteiger partial charge in [0, 0.05) is 32.8 Å². The minimum Gasteiger partial charge on any atom is -0.543 e. The monoisotopic (exact) mass is 1010 g/mol. The smallest absolute Gasteiger partial charge is 0.250 e. The quantitative estimate of drug-likeness (QED) is 0.0898. The molecule has 0 radical (unpaired) electrons. The van der Waals surface area contributed by atoms with E-state index in [0.29, 0.717) is 0 Å². The van der Waals surface area contributed by atoms with E-state index < -0.39 is 22.7 Å². The number of ketones is 1. The van der Waals surface area contributed by atoms with E-state index >= 15 is 0 Å². The maximum atomic E-state index is 12.6. The molecule has 0 spiro atoms. The Bertz CT molecular complexity index is 2680. The van der Waals surface area contributed by atoms with E-state index in [0.717, 1.165) is 92.4 Å². The lowest BCUT2D eigenvalue weighted by Gasteiger charge is -2.38. The van der Waals surface area contributed by atoms with Crippen LogP contribution < -0.4 is 8.85 Å². The van der Waals surface area contributed by atoms with Crippen LogP contribution in [0.5, 0.6) is 11.5 Å².